The van der Waals surface area contributed by atoms with Gasteiger partial charge in [0.1, 0.15) is 18.3 Å². The number of hydrogen-bond acceptors (Lipinski definition) is 5. The predicted molar refractivity (Wildman–Crippen MR) is 134 cm³/mol. The van der Waals surface area contributed by atoms with Gasteiger partial charge in [0.2, 0.25) is 21.8 Å². The first-order valence-electron chi connectivity index (χ1n) is 11.2. The van der Waals surface area contributed by atoms with Crippen molar-refractivity contribution in [3.63, 3.8) is 0 Å². The van der Waals surface area contributed by atoms with Gasteiger partial charge in [-0.05, 0) is 55.2 Å². The van der Waals surface area contributed by atoms with Gasteiger partial charge in [0, 0.05) is 13.1 Å². The number of nitrogens with one attached hydrogen (secondary N) is 1. The Kier molecular flexibility index (Phi) is 9.49. The van der Waals surface area contributed by atoms with Gasteiger partial charge >= 0.3 is 0 Å². The second-order valence-corrected chi connectivity index (χ2v) is 10.7. The first-order valence-corrected chi connectivity index (χ1v) is 13.0. The number of hydrogen-bond donors (Lipinski definition) is 1. The summed E-state index contributed by atoms with van der Waals surface area (Å²) >= 11 is 0. The summed E-state index contributed by atoms with van der Waals surface area (Å²) in [6.45, 7) is 7.63. The van der Waals surface area contributed by atoms with Crippen LogP contribution >= 0.6 is 0 Å². The average molecular weight is 490 g/mol. The van der Waals surface area contributed by atoms with Crippen LogP contribution in [-0.2, 0) is 26.2 Å². The Labute approximate surface area is 202 Å². The highest BCUT2D eigenvalue weighted by atomic mass is 32.2. The van der Waals surface area contributed by atoms with Crippen LogP contribution in [0.25, 0.3) is 0 Å². The molecule has 186 valence electrons. The molecule has 34 heavy (non-hydrogen) atoms. The molecular weight excluding hydrogens is 454 g/mol. The van der Waals surface area contributed by atoms with Crippen LogP contribution in [0.15, 0.2) is 48.5 Å². The number of amides is 2. The van der Waals surface area contributed by atoms with E-state index in [1.165, 1.54) is 4.90 Å². The van der Waals surface area contributed by atoms with Gasteiger partial charge in [0.25, 0.3) is 0 Å². The van der Waals surface area contributed by atoms with Crippen molar-refractivity contribution in [2.75, 3.05) is 30.8 Å². The number of rotatable bonds is 11. The normalized spacial score (nSPS) is 12.2. The van der Waals surface area contributed by atoms with Crippen molar-refractivity contribution in [1.29, 1.82) is 0 Å². The standard InChI is InChI=1S/C25H35N3O5S/c1-18(2)15-26-25(30)20(4)27(16-21-10-8-12-23(14-21)33-5)24(29)17-28(34(6,31)32)22-11-7-9-19(3)13-22/h7-14,18,20H,15-17H2,1-6H3,(H,26,30)/t20-/m1/s1. The van der Waals surface area contributed by atoms with E-state index in [1.807, 2.05) is 32.9 Å². The zero-order valence-electron chi connectivity index (χ0n) is 20.7. The quantitative estimate of drug-likeness (QED) is 0.524. The lowest BCUT2D eigenvalue weighted by atomic mass is 10.1. The van der Waals surface area contributed by atoms with E-state index in [0.717, 1.165) is 21.7 Å². The average Bonchev–Trinajstić information content (AvgIpc) is 2.78. The third-order valence-electron chi connectivity index (χ3n) is 5.31. The Balaban J connectivity index is 2.38. The smallest absolute Gasteiger partial charge is 0.244 e. The zero-order chi connectivity index (χ0) is 25.5. The molecule has 0 aliphatic rings. The number of methoxy groups -OCH3 is 1. The van der Waals surface area contributed by atoms with E-state index in [4.69, 9.17) is 4.74 Å². The minimum atomic E-state index is -3.75. The fourth-order valence-electron chi connectivity index (χ4n) is 3.40. The molecule has 0 radical (unpaired) electrons. The van der Waals surface area contributed by atoms with E-state index < -0.39 is 28.5 Å². The highest BCUT2D eigenvalue weighted by Crippen LogP contribution is 2.21. The number of carbonyl (C=O) groups is 2. The number of sulfonamides is 1. The van der Waals surface area contributed by atoms with Gasteiger partial charge in [-0.1, -0.05) is 38.1 Å². The van der Waals surface area contributed by atoms with E-state index in [1.54, 1.807) is 50.4 Å². The Morgan fingerprint density at radius 2 is 1.74 bits per heavy atom. The second kappa shape index (κ2) is 11.9. The number of benzene rings is 2. The minimum Gasteiger partial charge on any atom is -0.497 e. The van der Waals surface area contributed by atoms with Crippen LogP contribution in [0.2, 0.25) is 0 Å². The fraction of sp³-hybridized carbons (Fsp3) is 0.440. The van der Waals surface area contributed by atoms with Crippen molar-refractivity contribution < 1.29 is 22.7 Å². The number of nitrogens with zero attached hydrogens (tertiary/aromatic N) is 2. The molecule has 0 unspecified atom stereocenters. The van der Waals surface area contributed by atoms with Gasteiger partial charge in [-0.15, -0.1) is 0 Å². The molecule has 2 aromatic carbocycles. The summed E-state index contributed by atoms with van der Waals surface area (Å²) in [6.07, 6.45) is 1.06. The first kappa shape index (κ1) is 27.2. The zero-order valence-corrected chi connectivity index (χ0v) is 21.6. The number of ether oxygens (including phenoxy) is 1. The highest BCUT2D eigenvalue weighted by Gasteiger charge is 2.30. The molecule has 0 fully saturated rings. The maximum Gasteiger partial charge on any atom is 0.244 e. The molecule has 0 saturated heterocycles. The predicted octanol–water partition coefficient (Wildman–Crippen LogP) is 2.96. The summed E-state index contributed by atoms with van der Waals surface area (Å²) in [5, 5.41) is 2.86. The van der Waals surface area contributed by atoms with Crippen molar-refractivity contribution in [3.05, 3.63) is 59.7 Å². The number of aryl methyl sites for hydroxylation is 1. The summed E-state index contributed by atoms with van der Waals surface area (Å²) in [4.78, 5) is 27.8. The third kappa shape index (κ3) is 7.76. The van der Waals surface area contributed by atoms with Gasteiger partial charge in [-0.2, -0.15) is 0 Å². The van der Waals surface area contributed by atoms with Gasteiger partial charge in [-0.3, -0.25) is 13.9 Å². The van der Waals surface area contributed by atoms with Gasteiger partial charge < -0.3 is 15.0 Å². The summed E-state index contributed by atoms with van der Waals surface area (Å²) in [5.41, 5.74) is 2.03. The molecule has 0 heterocycles. The topological polar surface area (TPSA) is 96.0 Å². The molecule has 1 N–H and O–H groups in total. The molecule has 0 spiro atoms. The van der Waals surface area contributed by atoms with Crippen molar-refractivity contribution in [1.82, 2.24) is 10.2 Å². The highest BCUT2D eigenvalue weighted by molar-refractivity contribution is 7.92. The molecule has 1 atom stereocenters. The molecule has 0 saturated carbocycles. The molecule has 2 amide bonds. The van der Waals surface area contributed by atoms with Crippen molar-refractivity contribution in [2.45, 2.75) is 40.3 Å². The Bertz CT molecular complexity index is 1100. The van der Waals surface area contributed by atoms with Gasteiger partial charge in [-0.25, -0.2) is 8.42 Å². The van der Waals surface area contributed by atoms with Crippen LogP contribution in [-0.4, -0.2) is 57.6 Å². The molecule has 0 aliphatic heterocycles. The third-order valence-corrected chi connectivity index (χ3v) is 6.45. The van der Waals surface area contributed by atoms with Crippen LogP contribution in [0.3, 0.4) is 0 Å². The Morgan fingerprint density at radius 3 is 2.32 bits per heavy atom. The van der Waals surface area contributed by atoms with Crippen LogP contribution in [0.4, 0.5) is 5.69 Å². The van der Waals surface area contributed by atoms with Crippen LogP contribution < -0.4 is 14.4 Å². The SMILES string of the molecule is COc1cccc(CN(C(=O)CN(c2cccc(C)c2)S(C)(=O)=O)[C@H](C)C(=O)NCC(C)C)c1. The maximum absolute atomic E-state index is 13.5. The van der Waals surface area contributed by atoms with Crippen molar-refractivity contribution >= 4 is 27.5 Å². The molecule has 2 aromatic rings. The summed E-state index contributed by atoms with van der Waals surface area (Å²) in [7, 11) is -2.20. The molecule has 8 nitrogen and oxygen atoms in total. The summed E-state index contributed by atoms with van der Waals surface area (Å²) in [6, 6.07) is 13.3. The Morgan fingerprint density at radius 1 is 1.06 bits per heavy atom. The summed E-state index contributed by atoms with van der Waals surface area (Å²) < 4.78 is 31.5. The monoisotopic (exact) mass is 489 g/mol. The lowest BCUT2D eigenvalue weighted by Crippen LogP contribution is -2.51. The lowest BCUT2D eigenvalue weighted by molar-refractivity contribution is -0.139. The molecule has 0 bridgehead atoms. The van der Waals surface area contributed by atoms with Crippen LogP contribution in [0, 0.1) is 12.8 Å². The molecule has 9 heteroatoms. The van der Waals surface area contributed by atoms with Gasteiger partial charge in [0.05, 0.1) is 19.1 Å². The van der Waals surface area contributed by atoms with E-state index in [9.17, 15) is 18.0 Å². The second-order valence-electron chi connectivity index (χ2n) is 8.80. The van der Waals surface area contributed by atoms with Gasteiger partial charge in [0.15, 0.2) is 0 Å². The lowest BCUT2D eigenvalue weighted by Gasteiger charge is -2.31. The van der Waals surface area contributed by atoms with E-state index in [-0.39, 0.29) is 18.4 Å². The largest absolute Gasteiger partial charge is 0.497 e. The van der Waals surface area contributed by atoms with E-state index >= 15 is 0 Å². The minimum absolute atomic E-state index is 0.123. The molecule has 2 rings (SSSR count). The van der Waals surface area contributed by atoms with Crippen molar-refractivity contribution in [2.24, 2.45) is 5.92 Å². The molecular formula is C25H35N3O5S. The molecule has 0 aromatic heterocycles. The summed E-state index contributed by atoms with van der Waals surface area (Å²) in [5.74, 6) is 0.0911. The number of anilines is 1. The van der Waals surface area contributed by atoms with Crippen molar-refractivity contribution in [3.8, 4) is 5.75 Å². The Hall–Kier alpha value is -3.07. The van der Waals surface area contributed by atoms with Crippen LogP contribution in [0.5, 0.6) is 5.75 Å². The fourth-order valence-corrected chi connectivity index (χ4v) is 4.24. The van der Waals surface area contributed by atoms with Crippen LogP contribution in [0.1, 0.15) is 31.9 Å². The maximum atomic E-state index is 13.5. The van der Waals surface area contributed by atoms with E-state index in [2.05, 4.69) is 5.32 Å². The number of carbonyl (C=O) groups excluding carboxylic acids is 2. The molecule has 0 aliphatic carbocycles. The van der Waals surface area contributed by atoms with E-state index in [0.29, 0.717) is 18.0 Å². The first-order chi connectivity index (χ1) is 15.9.